The van der Waals surface area contributed by atoms with Gasteiger partial charge in [0.05, 0.1) is 10.9 Å². The fourth-order valence-electron chi connectivity index (χ4n) is 1.32. The highest BCUT2D eigenvalue weighted by Crippen LogP contribution is 2.12. The van der Waals surface area contributed by atoms with E-state index in [1.807, 2.05) is 12.3 Å². The fourth-order valence-corrected chi connectivity index (χ4v) is 2.14. The lowest BCUT2D eigenvalue weighted by atomic mass is 10.4. The van der Waals surface area contributed by atoms with Crippen molar-refractivity contribution in [2.24, 2.45) is 0 Å². The van der Waals surface area contributed by atoms with Gasteiger partial charge in [-0.1, -0.05) is 0 Å². The summed E-state index contributed by atoms with van der Waals surface area (Å²) in [6.45, 7) is 2.44. The van der Waals surface area contributed by atoms with E-state index in [0.717, 1.165) is 5.52 Å². The number of thiophene rings is 1. The molecule has 2 heterocycles. The van der Waals surface area contributed by atoms with Crippen molar-refractivity contribution in [1.29, 1.82) is 0 Å². The Labute approximate surface area is 77.5 Å². The van der Waals surface area contributed by atoms with Gasteiger partial charge in [0.2, 0.25) is 0 Å². The highest BCUT2D eigenvalue weighted by Gasteiger charge is 2.05. The van der Waals surface area contributed by atoms with Gasteiger partial charge in [-0.2, -0.15) is 0 Å². The Bertz CT molecular complexity index is 549. The Hall–Kier alpha value is -1.36. The van der Waals surface area contributed by atoms with Crippen LogP contribution in [0.5, 0.6) is 0 Å². The van der Waals surface area contributed by atoms with Crippen LogP contribution in [0.25, 0.3) is 10.9 Å². The molecule has 13 heavy (non-hydrogen) atoms. The molecule has 68 valence electrons. The molecule has 0 aliphatic carbocycles. The molecule has 0 radical (unpaired) electrons. The number of aromatic nitrogens is 2. The van der Waals surface area contributed by atoms with Gasteiger partial charge in [0.15, 0.2) is 0 Å². The van der Waals surface area contributed by atoms with Crippen LogP contribution < -0.4 is 11.2 Å². The Kier molecular flexibility index (Phi) is 1.81. The normalized spacial score (nSPS) is 10.8. The van der Waals surface area contributed by atoms with E-state index >= 15 is 0 Å². The largest absolute Gasteiger partial charge is 0.328 e. The number of rotatable bonds is 1. The molecule has 2 aromatic rings. The van der Waals surface area contributed by atoms with E-state index in [1.54, 1.807) is 9.95 Å². The van der Waals surface area contributed by atoms with Crippen molar-refractivity contribution in [2.75, 3.05) is 0 Å². The number of hydrogen-bond acceptors (Lipinski definition) is 3. The Morgan fingerprint density at radius 2 is 2.23 bits per heavy atom. The molecular formula is C8H8N2O2S. The molecule has 0 aliphatic heterocycles. The second-order valence-corrected chi connectivity index (χ2v) is 3.42. The first kappa shape index (κ1) is 8.25. The summed E-state index contributed by atoms with van der Waals surface area (Å²) in [5.41, 5.74) is 0.0885. The van der Waals surface area contributed by atoms with Crippen LogP contribution in [-0.2, 0) is 6.54 Å². The highest BCUT2D eigenvalue weighted by molar-refractivity contribution is 7.09. The molecule has 0 unspecified atom stereocenters. The second kappa shape index (κ2) is 2.85. The number of aromatic amines is 1. The number of H-pyrrole nitrogens is 1. The van der Waals surface area contributed by atoms with Gasteiger partial charge in [-0.15, -0.1) is 11.3 Å². The molecule has 0 aromatic carbocycles. The summed E-state index contributed by atoms with van der Waals surface area (Å²) in [6.07, 6.45) is 0. The maximum absolute atomic E-state index is 11.3. The Morgan fingerprint density at radius 1 is 1.46 bits per heavy atom. The zero-order valence-corrected chi connectivity index (χ0v) is 7.85. The minimum atomic E-state index is -0.335. The van der Waals surface area contributed by atoms with Crippen molar-refractivity contribution in [3.05, 3.63) is 31.6 Å². The number of nitrogens with one attached hydrogen (secondary N) is 1. The monoisotopic (exact) mass is 196 g/mol. The molecular weight excluding hydrogens is 188 g/mol. The third-order valence-electron chi connectivity index (χ3n) is 1.96. The molecule has 2 rings (SSSR count). The molecule has 0 atom stereocenters. The first-order valence-corrected chi connectivity index (χ1v) is 4.87. The zero-order valence-electron chi connectivity index (χ0n) is 7.03. The molecule has 0 saturated heterocycles. The van der Waals surface area contributed by atoms with E-state index in [9.17, 15) is 9.59 Å². The van der Waals surface area contributed by atoms with Gasteiger partial charge in [-0.05, 0) is 6.92 Å². The summed E-state index contributed by atoms with van der Waals surface area (Å²) in [6, 6.07) is 0. The van der Waals surface area contributed by atoms with Crippen molar-refractivity contribution >= 4 is 22.2 Å². The summed E-state index contributed by atoms with van der Waals surface area (Å²) in [5.74, 6) is 0. The predicted molar refractivity (Wildman–Crippen MR) is 52.4 cm³/mol. The third kappa shape index (κ3) is 1.12. The molecule has 5 heteroatoms. The van der Waals surface area contributed by atoms with E-state index in [1.165, 1.54) is 11.3 Å². The summed E-state index contributed by atoms with van der Waals surface area (Å²) in [5, 5.41) is 4.15. The number of nitrogens with zero attached hydrogens (tertiary/aromatic N) is 1. The van der Waals surface area contributed by atoms with Crippen LogP contribution in [0.15, 0.2) is 20.3 Å². The molecule has 0 bridgehead atoms. The number of hydrogen-bond donors (Lipinski definition) is 1. The quantitative estimate of drug-likeness (QED) is 0.732. The number of aryl methyl sites for hydroxylation is 1. The van der Waals surface area contributed by atoms with Crippen LogP contribution in [0.1, 0.15) is 6.92 Å². The second-order valence-electron chi connectivity index (χ2n) is 2.67. The first-order chi connectivity index (χ1) is 6.24. The van der Waals surface area contributed by atoms with Crippen LogP contribution in [-0.4, -0.2) is 9.55 Å². The van der Waals surface area contributed by atoms with Gasteiger partial charge in [-0.3, -0.25) is 14.3 Å². The van der Waals surface area contributed by atoms with Crippen molar-refractivity contribution in [3.63, 3.8) is 0 Å². The van der Waals surface area contributed by atoms with Gasteiger partial charge in [0.25, 0.3) is 5.56 Å². The lowest BCUT2D eigenvalue weighted by Gasteiger charge is -2.01. The average Bonchev–Trinajstić information content (AvgIpc) is 2.53. The molecule has 0 fully saturated rings. The molecule has 2 aromatic heterocycles. The zero-order chi connectivity index (χ0) is 9.42. The topological polar surface area (TPSA) is 54.9 Å². The third-order valence-corrected chi connectivity index (χ3v) is 2.69. The SMILES string of the molecule is CCn1c(=O)[nH]c(=O)c2cscc21. The van der Waals surface area contributed by atoms with Gasteiger partial charge < -0.3 is 0 Å². The highest BCUT2D eigenvalue weighted by atomic mass is 32.1. The van der Waals surface area contributed by atoms with Gasteiger partial charge in [0.1, 0.15) is 0 Å². The molecule has 1 N–H and O–H groups in total. The number of fused-ring (bicyclic) bond motifs is 1. The van der Waals surface area contributed by atoms with Crippen molar-refractivity contribution in [1.82, 2.24) is 9.55 Å². The lowest BCUT2D eigenvalue weighted by Crippen LogP contribution is -2.29. The minimum absolute atomic E-state index is 0.300. The van der Waals surface area contributed by atoms with Crippen LogP contribution in [0.3, 0.4) is 0 Å². The van der Waals surface area contributed by atoms with E-state index in [0.29, 0.717) is 11.9 Å². The van der Waals surface area contributed by atoms with Crippen molar-refractivity contribution < 1.29 is 0 Å². The van der Waals surface area contributed by atoms with Crippen LogP contribution in [0, 0.1) is 0 Å². The molecule has 0 aliphatic rings. The van der Waals surface area contributed by atoms with E-state index in [4.69, 9.17) is 0 Å². The lowest BCUT2D eigenvalue weighted by molar-refractivity contribution is 0.728. The van der Waals surface area contributed by atoms with Crippen molar-refractivity contribution in [3.8, 4) is 0 Å². The minimum Gasteiger partial charge on any atom is -0.293 e. The fraction of sp³-hybridized carbons (Fsp3) is 0.250. The smallest absolute Gasteiger partial charge is 0.293 e. The summed E-state index contributed by atoms with van der Waals surface area (Å²) >= 11 is 1.43. The average molecular weight is 196 g/mol. The maximum Gasteiger partial charge on any atom is 0.328 e. The molecule has 0 spiro atoms. The van der Waals surface area contributed by atoms with Gasteiger partial charge in [-0.25, -0.2) is 4.79 Å². The summed E-state index contributed by atoms with van der Waals surface area (Å²) in [4.78, 5) is 24.8. The van der Waals surface area contributed by atoms with E-state index in [2.05, 4.69) is 4.98 Å². The first-order valence-electron chi connectivity index (χ1n) is 3.93. The molecule has 0 amide bonds. The maximum atomic E-state index is 11.3. The molecule has 0 saturated carbocycles. The summed E-state index contributed by atoms with van der Waals surface area (Å²) in [7, 11) is 0. The summed E-state index contributed by atoms with van der Waals surface area (Å²) < 4.78 is 1.55. The van der Waals surface area contributed by atoms with E-state index in [-0.39, 0.29) is 11.2 Å². The van der Waals surface area contributed by atoms with E-state index < -0.39 is 0 Å². The standard InChI is InChI=1S/C8H8N2O2S/c1-2-10-6-4-13-3-5(6)7(11)9-8(10)12/h3-4H,2H2,1H3,(H,9,11,12). The predicted octanol–water partition coefficient (Wildman–Crippen LogP) is 0.771. The van der Waals surface area contributed by atoms with Crippen LogP contribution >= 0.6 is 11.3 Å². The van der Waals surface area contributed by atoms with Crippen LogP contribution in [0.4, 0.5) is 0 Å². The molecule has 4 nitrogen and oxygen atoms in total. The van der Waals surface area contributed by atoms with Crippen molar-refractivity contribution in [2.45, 2.75) is 13.5 Å². The Balaban J connectivity index is 3.06. The Morgan fingerprint density at radius 3 is 2.92 bits per heavy atom. The van der Waals surface area contributed by atoms with Gasteiger partial charge in [0, 0.05) is 17.3 Å². The van der Waals surface area contributed by atoms with Gasteiger partial charge >= 0.3 is 5.69 Å². The van der Waals surface area contributed by atoms with Crippen LogP contribution in [0.2, 0.25) is 0 Å².